The first-order valence-electron chi connectivity index (χ1n) is 11.8. The number of benzene rings is 2. The average Bonchev–Trinajstić information content (AvgIpc) is 3.15. The van der Waals surface area contributed by atoms with Crippen molar-refractivity contribution in [3.05, 3.63) is 57.3 Å². The number of nitrogens with zero attached hydrogens (tertiary/aromatic N) is 2. The Morgan fingerprint density at radius 1 is 1.11 bits per heavy atom. The molecule has 2 N–H and O–H groups in total. The molecule has 1 unspecified atom stereocenters. The standard InChI is InChI=1S/C26H28BrFN2O7/c1-35-19-5-4-15(13-18(19)28)23(31)21-22(16-12-17(27)24(32)20(14-16)36-2)30(26(34)25(21)33)7-3-6-29-8-10-37-11-9-29/h4-5,12-14,22,31-32H,3,6-11H2,1-2H3/b23-21-. The molecular formula is C26H28BrFN2O7. The van der Waals surface area contributed by atoms with Crippen molar-refractivity contribution in [2.45, 2.75) is 12.5 Å². The summed E-state index contributed by atoms with van der Waals surface area (Å²) in [5.41, 5.74) is 0.280. The number of carbonyl (C=O) groups excluding carboxylic acids is 2. The van der Waals surface area contributed by atoms with E-state index in [0.29, 0.717) is 31.7 Å². The van der Waals surface area contributed by atoms with E-state index in [9.17, 15) is 24.2 Å². The maximum Gasteiger partial charge on any atom is 0.295 e. The van der Waals surface area contributed by atoms with Crippen molar-refractivity contribution < 1.29 is 38.4 Å². The Morgan fingerprint density at radius 2 is 1.81 bits per heavy atom. The van der Waals surface area contributed by atoms with Crippen LogP contribution in [0.1, 0.15) is 23.6 Å². The van der Waals surface area contributed by atoms with Gasteiger partial charge in [-0.2, -0.15) is 0 Å². The normalized spacial score (nSPS) is 19.9. The molecule has 4 rings (SSSR count). The minimum Gasteiger partial charge on any atom is -0.507 e. The van der Waals surface area contributed by atoms with Crippen molar-refractivity contribution in [2.24, 2.45) is 0 Å². The molecule has 9 nitrogen and oxygen atoms in total. The van der Waals surface area contributed by atoms with Gasteiger partial charge in [-0.05, 0) is 58.2 Å². The SMILES string of the molecule is COc1ccc(/C(O)=C2/C(=O)C(=O)N(CCCN3CCOCC3)C2c2cc(Br)c(O)c(OC)c2)cc1F. The highest BCUT2D eigenvalue weighted by atomic mass is 79.9. The lowest BCUT2D eigenvalue weighted by atomic mass is 9.94. The van der Waals surface area contributed by atoms with E-state index < -0.39 is 29.3 Å². The number of likely N-dealkylation sites (tertiary alicyclic amines) is 1. The fourth-order valence-electron chi connectivity index (χ4n) is 4.62. The second-order valence-electron chi connectivity index (χ2n) is 8.70. The van der Waals surface area contributed by atoms with Gasteiger partial charge in [0.2, 0.25) is 0 Å². The van der Waals surface area contributed by atoms with E-state index in [1.54, 1.807) is 6.07 Å². The van der Waals surface area contributed by atoms with E-state index in [2.05, 4.69) is 20.8 Å². The monoisotopic (exact) mass is 578 g/mol. The number of carbonyl (C=O) groups is 2. The van der Waals surface area contributed by atoms with Gasteiger partial charge in [-0.3, -0.25) is 14.5 Å². The molecule has 198 valence electrons. The van der Waals surface area contributed by atoms with Gasteiger partial charge in [-0.15, -0.1) is 0 Å². The van der Waals surface area contributed by atoms with Crippen LogP contribution in [0.25, 0.3) is 5.76 Å². The number of halogens is 2. The molecule has 2 aromatic carbocycles. The average molecular weight is 579 g/mol. The Bertz CT molecular complexity index is 1230. The second kappa shape index (κ2) is 11.5. The molecule has 11 heteroatoms. The molecule has 1 amide bonds. The number of phenols is 1. The first-order chi connectivity index (χ1) is 17.8. The number of Topliss-reactive ketones (excluding diaryl/α,β-unsaturated/α-hetero) is 1. The van der Waals surface area contributed by atoms with Crippen molar-refractivity contribution in [1.29, 1.82) is 0 Å². The number of morpholine rings is 1. The van der Waals surface area contributed by atoms with Crippen LogP contribution in [0, 0.1) is 5.82 Å². The van der Waals surface area contributed by atoms with Gasteiger partial charge in [0.1, 0.15) is 5.76 Å². The molecule has 2 saturated heterocycles. The van der Waals surface area contributed by atoms with Crippen molar-refractivity contribution in [1.82, 2.24) is 9.80 Å². The quantitative estimate of drug-likeness (QED) is 0.278. The fourth-order valence-corrected chi connectivity index (χ4v) is 5.08. The summed E-state index contributed by atoms with van der Waals surface area (Å²) in [4.78, 5) is 30.1. The smallest absolute Gasteiger partial charge is 0.295 e. The van der Waals surface area contributed by atoms with Crippen LogP contribution < -0.4 is 9.47 Å². The van der Waals surface area contributed by atoms with Crippen molar-refractivity contribution in [3.8, 4) is 17.2 Å². The molecule has 0 aliphatic carbocycles. The number of aliphatic hydroxyl groups is 1. The highest BCUT2D eigenvalue weighted by Gasteiger charge is 2.46. The summed E-state index contributed by atoms with van der Waals surface area (Å²) in [5.74, 6) is -2.94. The highest BCUT2D eigenvalue weighted by molar-refractivity contribution is 9.10. The molecule has 2 aromatic rings. The predicted molar refractivity (Wildman–Crippen MR) is 136 cm³/mol. The lowest BCUT2D eigenvalue weighted by Gasteiger charge is -2.29. The summed E-state index contributed by atoms with van der Waals surface area (Å²) in [6.07, 6.45) is 0.580. The number of aromatic hydroxyl groups is 1. The van der Waals surface area contributed by atoms with Gasteiger partial charge in [0.05, 0.1) is 43.5 Å². The van der Waals surface area contributed by atoms with Crippen LogP contribution in [-0.4, -0.2) is 85.3 Å². The number of hydrogen-bond acceptors (Lipinski definition) is 8. The number of ketones is 1. The molecule has 2 heterocycles. The first kappa shape index (κ1) is 26.9. The molecule has 0 saturated carbocycles. The number of amides is 1. The van der Waals surface area contributed by atoms with Crippen LogP contribution in [0.5, 0.6) is 17.2 Å². The number of rotatable bonds is 8. The van der Waals surface area contributed by atoms with Crippen LogP contribution in [-0.2, 0) is 14.3 Å². The third-order valence-electron chi connectivity index (χ3n) is 6.53. The second-order valence-corrected chi connectivity index (χ2v) is 9.56. The zero-order valence-corrected chi connectivity index (χ0v) is 22.1. The van der Waals surface area contributed by atoms with Crippen LogP contribution in [0.15, 0.2) is 40.4 Å². The van der Waals surface area contributed by atoms with Crippen LogP contribution >= 0.6 is 15.9 Å². The van der Waals surface area contributed by atoms with E-state index in [1.807, 2.05) is 0 Å². The summed E-state index contributed by atoms with van der Waals surface area (Å²) in [6, 6.07) is 5.87. The Balaban J connectivity index is 1.76. The first-order valence-corrected chi connectivity index (χ1v) is 12.5. The van der Waals surface area contributed by atoms with Crippen LogP contribution in [0.4, 0.5) is 4.39 Å². The molecule has 0 aromatic heterocycles. The summed E-state index contributed by atoms with van der Waals surface area (Å²) in [7, 11) is 2.70. The third-order valence-corrected chi connectivity index (χ3v) is 7.13. The van der Waals surface area contributed by atoms with Crippen LogP contribution in [0.2, 0.25) is 0 Å². The number of methoxy groups -OCH3 is 2. The zero-order chi connectivity index (χ0) is 26.7. The van der Waals surface area contributed by atoms with E-state index in [0.717, 1.165) is 19.2 Å². The Kier molecular flexibility index (Phi) is 8.35. The van der Waals surface area contributed by atoms with Crippen molar-refractivity contribution in [2.75, 3.05) is 53.6 Å². The van der Waals surface area contributed by atoms with Crippen molar-refractivity contribution >= 4 is 33.4 Å². The lowest BCUT2D eigenvalue weighted by molar-refractivity contribution is -0.140. The van der Waals surface area contributed by atoms with E-state index in [-0.39, 0.29) is 39.4 Å². The van der Waals surface area contributed by atoms with E-state index >= 15 is 0 Å². The van der Waals surface area contributed by atoms with E-state index in [4.69, 9.17) is 14.2 Å². The molecule has 0 radical (unpaired) electrons. The molecule has 0 bridgehead atoms. The molecular weight excluding hydrogens is 551 g/mol. The summed E-state index contributed by atoms with van der Waals surface area (Å²) in [6.45, 7) is 3.79. The van der Waals surface area contributed by atoms with Gasteiger partial charge in [-0.1, -0.05) is 0 Å². The Hall–Kier alpha value is -3.15. The number of aliphatic hydroxyl groups excluding tert-OH is 1. The molecule has 0 spiro atoms. The lowest BCUT2D eigenvalue weighted by Crippen LogP contribution is -2.39. The molecule has 2 aliphatic rings. The third kappa shape index (κ3) is 5.43. The van der Waals surface area contributed by atoms with Crippen LogP contribution in [0.3, 0.4) is 0 Å². The van der Waals surface area contributed by atoms with E-state index in [1.165, 1.54) is 37.3 Å². The molecule has 2 fully saturated rings. The largest absolute Gasteiger partial charge is 0.507 e. The maximum absolute atomic E-state index is 14.4. The van der Waals surface area contributed by atoms with Gasteiger partial charge in [0, 0.05) is 31.7 Å². The summed E-state index contributed by atoms with van der Waals surface area (Å²) in [5, 5.41) is 21.5. The van der Waals surface area contributed by atoms with Gasteiger partial charge in [-0.25, -0.2) is 4.39 Å². The van der Waals surface area contributed by atoms with Gasteiger partial charge in [0.15, 0.2) is 23.1 Å². The number of ether oxygens (including phenoxy) is 3. The molecule has 37 heavy (non-hydrogen) atoms. The Labute approximate surface area is 222 Å². The maximum atomic E-state index is 14.4. The fraction of sp³-hybridized carbons (Fsp3) is 0.385. The Morgan fingerprint density at radius 3 is 2.46 bits per heavy atom. The highest BCUT2D eigenvalue weighted by Crippen LogP contribution is 2.44. The van der Waals surface area contributed by atoms with Gasteiger partial charge >= 0.3 is 0 Å². The minimum absolute atomic E-state index is 0.0242. The van der Waals surface area contributed by atoms with Crippen molar-refractivity contribution in [3.63, 3.8) is 0 Å². The molecule has 2 aliphatic heterocycles. The van der Waals surface area contributed by atoms with Gasteiger partial charge in [0.25, 0.3) is 11.7 Å². The minimum atomic E-state index is -0.986. The topological polar surface area (TPSA) is 109 Å². The summed E-state index contributed by atoms with van der Waals surface area (Å²) < 4.78 is 30.3. The predicted octanol–water partition coefficient (Wildman–Crippen LogP) is 3.46. The molecule has 1 atom stereocenters. The zero-order valence-electron chi connectivity index (χ0n) is 20.5. The summed E-state index contributed by atoms with van der Waals surface area (Å²) >= 11 is 3.29. The number of hydrogen-bond donors (Lipinski definition) is 2. The number of phenolic OH excluding ortho intramolecular Hbond substituents is 1. The van der Waals surface area contributed by atoms with Gasteiger partial charge < -0.3 is 29.3 Å².